The van der Waals surface area contributed by atoms with E-state index in [1.54, 1.807) is 19.1 Å². The number of carbonyl (C=O) groups excluding carboxylic acids is 2. The molecule has 2 aromatic carbocycles. The fourth-order valence-electron chi connectivity index (χ4n) is 1.76. The number of hydrogen-bond acceptors (Lipinski definition) is 5. The summed E-state index contributed by atoms with van der Waals surface area (Å²) in [6, 6.07) is 10.9. The van der Waals surface area contributed by atoms with Crippen LogP contribution in [-0.2, 0) is 4.79 Å². The van der Waals surface area contributed by atoms with E-state index in [1.807, 2.05) is 0 Å². The van der Waals surface area contributed by atoms with E-state index in [2.05, 4.69) is 0 Å². The second kappa shape index (κ2) is 7.70. The van der Waals surface area contributed by atoms with Gasteiger partial charge in [0.25, 0.3) is 0 Å². The van der Waals surface area contributed by atoms with Crippen LogP contribution in [0.15, 0.2) is 54.6 Å². The maximum atomic E-state index is 13.5. The van der Waals surface area contributed by atoms with E-state index >= 15 is 0 Å². The number of ether oxygens (including phenoxy) is 2. The fourth-order valence-corrected chi connectivity index (χ4v) is 1.76. The first-order valence-electron chi connectivity index (χ1n) is 6.90. The molecule has 0 amide bonds. The highest BCUT2D eigenvalue weighted by molar-refractivity contribution is 5.91. The van der Waals surface area contributed by atoms with Crippen LogP contribution in [0, 0.1) is 17.1 Å². The molecule has 0 aromatic heterocycles. The molecule has 5 nitrogen and oxygen atoms in total. The minimum atomic E-state index is -0.769. The van der Waals surface area contributed by atoms with Crippen LogP contribution in [0.5, 0.6) is 11.5 Å². The Balaban J connectivity index is 2.06. The van der Waals surface area contributed by atoms with Crippen molar-refractivity contribution in [2.24, 2.45) is 0 Å². The molecular weight excluding hydrogens is 313 g/mol. The molecule has 0 aliphatic rings. The largest absolute Gasteiger partial charge is 0.423 e. The maximum absolute atomic E-state index is 13.5. The number of nitriles is 1. The number of halogens is 1. The molecule has 2 rings (SSSR count). The third-order valence-electron chi connectivity index (χ3n) is 2.88. The summed E-state index contributed by atoms with van der Waals surface area (Å²) in [5.74, 6) is -1.74. The zero-order chi connectivity index (χ0) is 17.5. The van der Waals surface area contributed by atoms with Crippen molar-refractivity contribution in [3.05, 3.63) is 71.6 Å². The van der Waals surface area contributed by atoms with E-state index in [-0.39, 0.29) is 22.6 Å². The Bertz CT molecular complexity index is 835. The lowest BCUT2D eigenvalue weighted by Crippen LogP contribution is -2.09. The smallest absolute Gasteiger partial charge is 0.343 e. The molecule has 0 fully saturated rings. The van der Waals surface area contributed by atoms with Crippen LogP contribution in [0.2, 0.25) is 0 Å². The molecule has 0 N–H and O–H groups in total. The predicted octanol–water partition coefficient (Wildman–Crippen LogP) is 3.40. The topological polar surface area (TPSA) is 76.4 Å². The number of allylic oxidation sites excluding steroid dienone is 1. The van der Waals surface area contributed by atoms with Crippen LogP contribution in [-0.4, -0.2) is 11.9 Å². The number of carbonyl (C=O) groups is 2. The molecule has 0 bridgehead atoms. The van der Waals surface area contributed by atoms with Gasteiger partial charge < -0.3 is 9.47 Å². The van der Waals surface area contributed by atoms with Crippen molar-refractivity contribution in [3.8, 4) is 17.6 Å². The van der Waals surface area contributed by atoms with Crippen molar-refractivity contribution >= 4 is 11.9 Å². The maximum Gasteiger partial charge on any atom is 0.343 e. The van der Waals surface area contributed by atoms with Crippen molar-refractivity contribution < 1.29 is 23.5 Å². The van der Waals surface area contributed by atoms with Gasteiger partial charge in [0.05, 0.1) is 11.1 Å². The lowest BCUT2D eigenvalue weighted by Gasteiger charge is -2.06. The molecule has 0 saturated carbocycles. The van der Waals surface area contributed by atoms with Gasteiger partial charge in [0, 0.05) is 12.1 Å². The number of nitrogens with zero attached hydrogens (tertiary/aromatic N) is 1. The highest BCUT2D eigenvalue weighted by atomic mass is 19.1. The molecule has 0 aliphatic heterocycles. The minimum Gasteiger partial charge on any atom is -0.423 e. The molecule has 0 saturated heterocycles. The summed E-state index contributed by atoms with van der Waals surface area (Å²) in [5, 5.41) is 8.65. The van der Waals surface area contributed by atoms with Crippen molar-refractivity contribution in [1.82, 2.24) is 0 Å². The Labute approximate surface area is 137 Å². The molecule has 0 aliphatic carbocycles. The molecular formula is C18H12FNO4. The predicted molar refractivity (Wildman–Crippen MR) is 83.0 cm³/mol. The molecule has 0 spiro atoms. The fraction of sp³-hybridized carbons (Fsp3) is 0.0556. The summed E-state index contributed by atoms with van der Waals surface area (Å²) >= 11 is 0. The van der Waals surface area contributed by atoms with E-state index < -0.39 is 17.8 Å². The van der Waals surface area contributed by atoms with Gasteiger partial charge >= 0.3 is 11.9 Å². The zero-order valence-corrected chi connectivity index (χ0v) is 12.7. The Kier molecular flexibility index (Phi) is 5.42. The van der Waals surface area contributed by atoms with Crippen molar-refractivity contribution in [3.63, 3.8) is 0 Å². The van der Waals surface area contributed by atoms with Gasteiger partial charge in [-0.3, -0.25) is 0 Å². The van der Waals surface area contributed by atoms with Crippen LogP contribution in [0.3, 0.4) is 0 Å². The molecule has 24 heavy (non-hydrogen) atoms. The quantitative estimate of drug-likeness (QED) is 0.489. The van der Waals surface area contributed by atoms with E-state index in [1.165, 1.54) is 42.5 Å². The average molecular weight is 325 g/mol. The van der Waals surface area contributed by atoms with Gasteiger partial charge in [0.2, 0.25) is 0 Å². The highest BCUT2D eigenvalue weighted by Crippen LogP contribution is 2.19. The second-order valence-corrected chi connectivity index (χ2v) is 4.59. The first kappa shape index (κ1) is 16.9. The average Bonchev–Trinajstić information content (AvgIpc) is 2.56. The second-order valence-electron chi connectivity index (χ2n) is 4.59. The van der Waals surface area contributed by atoms with Crippen molar-refractivity contribution in [1.29, 1.82) is 5.26 Å². The Hall–Kier alpha value is -3.46. The molecule has 6 heteroatoms. The SMILES string of the molecule is CC=CC(=O)Oc1ccc(C(=O)Oc2ccc(C#N)c(F)c2)cc1. The van der Waals surface area contributed by atoms with Gasteiger partial charge in [-0.25, -0.2) is 14.0 Å². The summed E-state index contributed by atoms with van der Waals surface area (Å²) in [6.07, 6.45) is 2.81. The van der Waals surface area contributed by atoms with Gasteiger partial charge in [0.15, 0.2) is 0 Å². The monoisotopic (exact) mass is 325 g/mol. The molecule has 120 valence electrons. The molecule has 2 aromatic rings. The number of hydrogen-bond donors (Lipinski definition) is 0. The molecule has 0 heterocycles. The Morgan fingerprint density at radius 3 is 2.33 bits per heavy atom. The molecule has 0 unspecified atom stereocenters. The third kappa shape index (κ3) is 4.27. The summed E-state index contributed by atoms with van der Waals surface area (Å²) in [5.41, 5.74) is 0.0627. The highest BCUT2D eigenvalue weighted by Gasteiger charge is 2.11. The van der Waals surface area contributed by atoms with Gasteiger partial charge in [-0.1, -0.05) is 6.08 Å². The van der Waals surface area contributed by atoms with E-state index in [4.69, 9.17) is 14.7 Å². The molecule has 0 radical (unpaired) electrons. The van der Waals surface area contributed by atoms with Gasteiger partial charge in [-0.15, -0.1) is 0 Å². The van der Waals surface area contributed by atoms with Gasteiger partial charge in [-0.05, 0) is 43.3 Å². The summed E-state index contributed by atoms with van der Waals surface area (Å²) in [4.78, 5) is 23.3. The van der Waals surface area contributed by atoms with Crippen molar-refractivity contribution in [2.75, 3.05) is 0 Å². The van der Waals surface area contributed by atoms with Crippen molar-refractivity contribution in [2.45, 2.75) is 6.92 Å². The van der Waals surface area contributed by atoms with E-state index in [0.717, 1.165) is 6.07 Å². The van der Waals surface area contributed by atoms with Crippen LogP contribution in [0.4, 0.5) is 4.39 Å². The Morgan fingerprint density at radius 2 is 1.75 bits per heavy atom. The minimum absolute atomic E-state index is 0.0138. The number of benzene rings is 2. The molecule has 0 atom stereocenters. The zero-order valence-electron chi connectivity index (χ0n) is 12.7. The first-order chi connectivity index (χ1) is 11.5. The number of esters is 2. The summed E-state index contributed by atoms with van der Waals surface area (Å²) in [7, 11) is 0. The van der Waals surface area contributed by atoms with Crippen LogP contribution < -0.4 is 9.47 Å². The normalized spacial score (nSPS) is 10.2. The van der Waals surface area contributed by atoms with Gasteiger partial charge in [-0.2, -0.15) is 5.26 Å². The van der Waals surface area contributed by atoms with Gasteiger partial charge in [0.1, 0.15) is 23.4 Å². The third-order valence-corrected chi connectivity index (χ3v) is 2.88. The van der Waals surface area contributed by atoms with E-state index in [0.29, 0.717) is 0 Å². The van der Waals surface area contributed by atoms with Crippen LogP contribution in [0.25, 0.3) is 0 Å². The summed E-state index contributed by atoms with van der Waals surface area (Å²) < 4.78 is 23.5. The van der Waals surface area contributed by atoms with Crippen LogP contribution in [0.1, 0.15) is 22.8 Å². The Morgan fingerprint density at radius 1 is 1.08 bits per heavy atom. The standard InChI is InChI=1S/C18H12FNO4/c1-2-3-17(21)23-14-7-4-12(5-8-14)18(22)24-15-9-6-13(11-20)16(19)10-15/h2-10H,1H3. The first-order valence-corrected chi connectivity index (χ1v) is 6.90. The van der Waals surface area contributed by atoms with E-state index in [9.17, 15) is 14.0 Å². The summed E-state index contributed by atoms with van der Waals surface area (Å²) in [6.45, 7) is 1.69. The van der Waals surface area contributed by atoms with Crippen LogP contribution >= 0.6 is 0 Å². The lowest BCUT2D eigenvalue weighted by atomic mass is 10.2. The number of rotatable bonds is 4. The lowest BCUT2D eigenvalue weighted by molar-refractivity contribution is -0.129.